The molecule has 1 aromatic carbocycles. The Morgan fingerprint density at radius 3 is 2.63 bits per heavy atom. The standard InChI is InChI=1S/C15H12Cl2F3N3O7/c1-22(5-11(24)25)23(27)21-29-6-28-14(26)9-3-7-2-8(16)4-10(17)12(7)30-13(9)15(18,19)20/h2-4,13H,5-6H2,1H3,(H-,21,24,25,27). The SMILES string of the molecule is CN(CC(=O)[O-])[N+](=O)NOCOC(=O)C1=Cc2cc(Cl)cc(Cl)c2OC1C(F)(F)F. The molecule has 10 nitrogen and oxygen atoms in total. The lowest BCUT2D eigenvalue weighted by Gasteiger charge is -2.28. The second kappa shape index (κ2) is 9.36. The van der Waals surface area contributed by atoms with Gasteiger partial charge in [0.1, 0.15) is 12.3 Å². The van der Waals surface area contributed by atoms with Crippen LogP contribution < -0.4 is 15.4 Å². The van der Waals surface area contributed by atoms with Gasteiger partial charge in [-0.05, 0) is 18.2 Å². The maximum Gasteiger partial charge on any atom is 0.430 e. The van der Waals surface area contributed by atoms with E-state index in [1.54, 1.807) is 5.59 Å². The molecule has 0 radical (unpaired) electrons. The fourth-order valence-electron chi connectivity index (χ4n) is 2.21. The summed E-state index contributed by atoms with van der Waals surface area (Å²) in [5.74, 6) is -3.33. The number of hydrogen-bond donors (Lipinski definition) is 1. The number of carbonyl (C=O) groups is 2. The maximum atomic E-state index is 13.4. The zero-order chi connectivity index (χ0) is 22.6. The third-order valence-electron chi connectivity index (χ3n) is 3.46. The number of aliphatic carboxylic acids is 1. The van der Waals surface area contributed by atoms with Gasteiger partial charge in [-0.25, -0.2) is 4.79 Å². The van der Waals surface area contributed by atoms with Crippen LogP contribution in [0.1, 0.15) is 5.56 Å². The first kappa shape index (κ1) is 23.5. The maximum absolute atomic E-state index is 13.4. The molecule has 0 spiro atoms. The van der Waals surface area contributed by atoms with E-state index in [1.807, 2.05) is 0 Å². The number of nitrogens with one attached hydrogen (secondary N) is 1. The minimum atomic E-state index is -4.98. The molecule has 2 rings (SSSR count). The third kappa shape index (κ3) is 5.87. The van der Waals surface area contributed by atoms with Gasteiger partial charge in [-0.3, -0.25) is 0 Å². The van der Waals surface area contributed by atoms with Gasteiger partial charge in [0.25, 0.3) is 4.98 Å². The number of hydrazine groups is 2. The number of carbonyl (C=O) groups excluding carboxylic acids is 2. The van der Waals surface area contributed by atoms with Crippen LogP contribution in [0.25, 0.3) is 6.08 Å². The van der Waals surface area contributed by atoms with Gasteiger partial charge in [-0.1, -0.05) is 23.2 Å². The average molecular weight is 474 g/mol. The van der Waals surface area contributed by atoms with Crippen LogP contribution in [0.4, 0.5) is 13.2 Å². The van der Waals surface area contributed by atoms with Gasteiger partial charge in [0.15, 0.2) is 0 Å². The molecular formula is C15H12Cl2F3N3O7. The van der Waals surface area contributed by atoms with E-state index in [4.69, 9.17) is 27.9 Å². The molecular weight excluding hydrogens is 462 g/mol. The Balaban J connectivity index is 2.07. The van der Waals surface area contributed by atoms with Gasteiger partial charge >= 0.3 is 12.1 Å². The van der Waals surface area contributed by atoms with E-state index < -0.39 is 43.1 Å². The highest BCUT2D eigenvalue weighted by molar-refractivity contribution is 6.36. The number of halogens is 5. The molecule has 1 aromatic rings. The number of alkyl halides is 3. The van der Waals surface area contributed by atoms with E-state index in [-0.39, 0.29) is 26.3 Å². The molecule has 0 fully saturated rings. The van der Waals surface area contributed by atoms with Crippen molar-refractivity contribution in [2.75, 3.05) is 20.4 Å². The number of nitroso groups, excluding NO2 is 1. The minimum absolute atomic E-state index is 0.0219. The highest BCUT2D eigenvalue weighted by atomic mass is 35.5. The number of carboxylic acids is 1. The Hall–Kier alpha value is -2.77. The van der Waals surface area contributed by atoms with E-state index in [0.717, 1.165) is 13.1 Å². The summed E-state index contributed by atoms with van der Waals surface area (Å²) in [4.78, 5) is 38.2. The van der Waals surface area contributed by atoms with E-state index in [0.29, 0.717) is 5.01 Å². The van der Waals surface area contributed by atoms with Crippen LogP contribution in [0.5, 0.6) is 5.75 Å². The van der Waals surface area contributed by atoms with Gasteiger partial charge in [-0.15, -0.1) is 5.01 Å². The van der Waals surface area contributed by atoms with Crippen molar-refractivity contribution in [1.82, 2.24) is 10.6 Å². The summed E-state index contributed by atoms with van der Waals surface area (Å²) in [7, 11) is 1.07. The van der Waals surface area contributed by atoms with Gasteiger partial charge in [0.05, 0.1) is 28.5 Å². The lowest BCUT2D eigenvalue weighted by atomic mass is 10.0. The summed E-state index contributed by atoms with van der Waals surface area (Å²) in [5.41, 5.74) is 0.755. The number of nitrogens with zero attached hydrogens (tertiary/aromatic N) is 2. The van der Waals surface area contributed by atoms with Gasteiger partial charge in [0, 0.05) is 16.2 Å². The van der Waals surface area contributed by atoms with Crippen LogP contribution in [0, 0.1) is 4.91 Å². The molecule has 0 amide bonds. The van der Waals surface area contributed by atoms with Gasteiger partial charge < -0.3 is 19.4 Å². The van der Waals surface area contributed by atoms with Crippen molar-refractivity contribution < 1.29 is 47.2 Å². The Morgan fingerprint density at radius 2 is 2.03 bits per heavy atom. The normalized spacial score (nSPS) is 15.4. The summed E-state index contributed by atoms with van der Waals surface area (Å²) >= 11 is 11.7. The molecule has 1 aliphatic rings. The van der Waals surface area contributed by atoms with Crippen LogP contribution in [0.2, 0.25) is 10.0 Å². The molecule has 0 saturated carbocycles. The van der Waals surface area contributed by atoms with Crippen molar-refractivity contribution >= 4 is 41.2 Å². The van der Waals surface area contributed by atoms with Gasteiger partial charge in [0.2, 0.25) is 12.9 Å². The number of carboxylic acid groups (broad SMARTS) is 1. The summed E-state index contributed by atoms with van der Waals surface area (Å²) in [6, 6.07) is 2.42. The number of esters is 1. The molecule has 0 saturated heterocycles. The third-order valence-corrected chi connectivity index (χ3v) is 3.96. The molecule has 1 aliphatic heterocycles. The summed E-state index contributed by atoms with van der Waals surface area (Å²) in [5, 5.41) is 10.9. The average Bonchev–Trinajstić information content (AvgIpc) is 2.62. The number of hydrogen-bond acceptors (Lipinski definition) is 7. The lowest BCUT2D eigenvalue weighted by molar-refractivity contribution is -0.784. The van der Waals surface area contributed by atoms with E-state index in [2.05, 4.69) is 9.57 Å². The Morgan fingerprint density at radius 1 is 1.37 bits per heavy atom. The quantitative estimate of drug-likeness (QED) is 0.194. The predicted octanol–water partition coefficient (Wildman–Crippen LogP) is 1.01. The van der Waals surface area contributed by atoms with Crippen molar-refractivity contribution in [1.29, 1.82) is 0 Å². The van der Waals surface area contributed by atoms with Crippen molar-refractivity contribution in [2.24, 2.45) is 0 Å². The summed E-state index contributed by atoms with van der Waals surface area (Å²) < 4.78 is 49.5. The van der Waals surface area contributed by atoms with Crippen molar-refractivity contribution in [3.63, 3.8) is 0 Å². The Bertz CT molecular complexity index is 895. The number of likely N-dealkylation sites (N-methyl/N-ethyl adjacent to an activating group) is 1. The highest BCUT2D eigenvalue weighted by Crippen LogP contribution is 2.42. The molecule has 0 aromatic heterocycles. The molecule has 15 heteroatoms. The highest BCUT2D eigenvalue weighted by Gasteiger charge is 2.49. The van der Waals surface area contributed by atoms with Crippen molar-refractivity contribution in [3.8, 4) is 5.75 Å². The molecule has 30 heavy (non-hydrogen) atoms. The molecule has 1 heterocycles. The van der Waals surface area contributed by atoms with Crippen molar-refractivity contribution in [2.45, 2.75) is 12.3 Å². The van der Waals surface area contributed by atoms with Crippen molar-refractivity contribution in [3.05, 3.63) is 38.2 Å². The number of rotatable bonds is 8. The first-order valence-electron chi connectivity index (χ1n) is 7.77. The fourth-order valence-corrected chi connectivity index (χ4v) is 2.77. The topological polar surface area (TPSA) is 120 Å². The second-order valence-corrected chi connectivity index (χ2v) is 6.53. The molecule has 164 valence electrons. The monoisotopic (exact) mass is 473 g/mol. The molecule has 0 aliphatic carbocycles. The van der Waals surface area contributed by atoms with Crippen LogP contribution in [-0.4, -0.2) is 54.6 Å². The van der Waals surface area contributed by atoms with Crippen LogP contribution in [0.15, 0.2) is 17.7 Å². The largest absolute Gasteiger partial charge is 0.548 e. The summed E-state index contributed by atoms with van der Waals surface area (Å²) in [6.07, 6.45) is -6.79. The Kier molecular flexibility index (Phi) is 7.34. The minimum Gasteiger partial charge on any atom is -0.548 e. The first-order valence-corrected chi connectivity index (χ1v) is 8.52. The molecule has 1 unspecified atom stereocenters. The van der Waals surface area contributed by atoms with Crippen LogP contribution in [0.3, 0.4) is 0 Å². The zero-order valence-electron chi connectivity index (χ0n) is 14.9. The van der Waals surface area contributed by atoms with Crippen LogP contribution in [-0.2, 0) is 19.2 Å². The van der Waals surface area contributed by atoms with Gasteiger partial charge in [-0.2, -0.15) is 18.0 Å². The number of fused-ring (bicyclic) bond motifs is 1. The van der Waals surface area contributed by atoms with Crippen LogP contribution >= 0.6 is 23.2 Å². The summed E-state index contributed by atoms with van der Waals surface area (Å²) in [6.45, 7) is -1.79. The Labute approximate surface area is 176 Å². The number of benzene rings is 1. The zero-order valence-corrected chi connectivity index (χ0v) is 16.4. The fraction of sp³-hybridized carbons (Fsp3) is 0.333. The first-order chi connectivity index (χ1) is 13.9. The lowest BCUT2D eigenvalue weighted by Crippen LogP contribution is -2.46. The predicted molar refractivity (Wildman–Crippen MR) is 91.4 cm³/mol. The number of ether oxygens (including phenoxy) is 2. The second-order valence-electron chi connectivity index (χ2n) is 5.69. The van der Waals surface area contributed by atoms with E-state index in [9.17, 15) is 32.8 Å². The smallest absolute Gasteiger partial charge is 0.430 e. The molecule has 0 bridgehead atoms. The van der Waals surface area contributed by atoms with E-state index in [1.165, 1.54) is 12.1 Å². The van der Waals surface area contributed by atoms with E-state index >= 15 is 0 Å². The molecule has 1 atom stereocenters. The molecule has 1 N–H and O–H groups in total.